The molecule has 0 atom stereocenters. The Morgan fingerprint density at radius 1 is 1.10 bits per heavy atom. The number of hydrogen-bond acceptors (Lipinski definition) is 3. The van der Waals surface area contributed by atoms with Gasteiger partial charge in [0.15, 0.2) is 0 Å². The van der Waals surface area contributed by atoms with Crippen molar-refractivity contribution in [2.24, 2.45) is 23.2 Å². The fourth-order valence-corrected chi connectivity index (χ4v) is 5.14. The van der Waals surface area contributed by atoms with E-state index < -0.39 is 0 Å². The summed E-state index contributed by atoms with van der Waals surface area (Å²) in [7, 11) is 0. The van der Waals surface area contributed by atoms with Crippen LogP contribution in [0, 0.1) is 23.2 Å². The van der Waals surface area contributed by atoms with Crippen LogP contribution in [0.25, 0.3) is 0 Å². The van der Waals surface area contributed by atoms with E-state index in [1.54, 1.807) is 0 Å². The molecule has 0 aliphatic heterocycles. The molecular formula is C17H27NO3. The first kappa shape index (κ1) is 14.9. The number of nitrogens with one attached hydrogen (secondary N) is 1. The van der Waals surface area contributed by atoms with E-state index in [0.717, 1.165) is 43.4 Å². The minimum atomic E-state index is -0.206. The molecule has 4 rings (SSSR count). The molecule has 0 radical (unpaired) electrons. The van der Waals surface area contributed by atoms with Crippen molar-refractivity contribution < 1.29 is 14.3 Å². The maximum Gasteiger partial charge on any atom is 0.307 e. The highest BCUT2D eigenvalue weighted by atomic mass is 16.5. The Kier molecular flexibility index (Phi) is 4.23. The summed E-state index contributed by atoms with van der Waals surface area (Å²) < 4.78 is 5.03. The number of rotatable bonds is 6. The summed E-state index contributed by atoms with van der Waals surface area (Å²) >= 11 is 0. The van der Waals surface area contributed by atoms with Crippen LogP contribution in [-0.2, 0) is 14.3 Å². The monoisotopic (exact) mass is 293 g/mol. The lowest BCUT2D eigenvalue weighted by Gasteiger charge is -2.55. The van der Waals surface area contributed by atoms with Gasteiger partial charge in [-0.3, -0.25) is 9.59 Å². The van der Waals surface area contributed by atoms with E-state index in [2.05, 4.69) is 5.32 Å². The van der Waals surface area contributed by atoms with Crippen LogP contribution >= 0.6 is 0 Å². The van der Waals surface area contributed by atoms with E-state index in [4.69, 9.17) is 4.74 Å². The molecule has 4 bridgehead atoms. The van der Waals surface area contributed by atoms with Gasteiger partial charge in [0.25, 0.3) is 0 Å². The third kappa shape index (κ3) is 3.09. The minimum absolute atomic E-state index is 0.109. The molecule has 0 saturated heterocycles. The first-order valence-corrected chi connectivity index (χ1v) is 8.55. The molecule has 118 valence electrons. The molecule has 1 N–H and O–H groups in total. The van der Waals surface area contributed by atoms with E-state index in [1.807, 2.05) is 6.92 Å². The fraction of sp³-hybridized carbons (Fsp3) is 0.882. The lowest BCUT2D eigenvalue weighted by Crippen LogP contribution is -2.53. The molecule has 4 fully saturated rings. The molecule has 0 heterocycles. The molecule has 4 aliphatic carbocycles. The van der Waals surface area contributed by atoms with Gasteiger partial charge < -0.3 is 10.1 Å². The average Bonchev–Trinajstić information content (AvgIpc) is 2.43. The molecule has 0 spiro atoms. The van der Waals surface area contributed by atoms with Gasteiger partial charge in [0, 0.05) is 12.0 Å². The number of amides is 1. The molecule has 0 aromatic heterocycles. The highest BCUT2D eigenvalue weighted by Gasteiger charge is 2.54. The van der Waals surface area contributed by atoms with E-state index >= 15 is 0 Å². The number of hydrogen-bond donors (Lipinski definition) is 1. The zero-order valence-electron chi connectivity index (χ0n) is 13.0. The highest BCUT2D eigenvalue weighted by molar-refractivity contribution is 5.83. The number of esters is 1. The van der Waals surface area contributed by atoms with Crippen molar-refractivity contribution in [2.45, 2.75) is 58.3 Å². The van der Waals surface area contributed by atoms with Crippen LogP contribution in [0.5, 0.6) is 0 Å². The summed E-state index contributed by atoms with van der Waals surface area (Å²) in [5.41, 5.74) is -0.109. The van der Waals surface area contributed by atoms with E-state index in [0.29, 0.717) is 13.2 Å². The second-order valence-electron chi connectivity index (χ2n) is 7.42. The summed E-state index contributed by atoms with van der Waals surface area (Å²) in [5, 5.41) is 3.01. The SMILES string of the molecule is CCCOC(=O)CCNC(=O)C12CC3CC(CC(C3)C1)C2. The van der Waals surface area contributed by atoms with Gasteiger partial charge in [0.05, 0.1) is 13.0 Å². The van der Waals surface area contributed by atoms with Crippen molar-refractivity contribution in [3.63, 3.8) is 0 Å². The van der Waals surface area contributed by atoms with E-state index in [9.17, 15) is 9.59 Å². The van der Waals surface area contributed by atoms with Crippen molar-refractivity contribution in [2.75, 3.05) is 13.2 Å². The van der Waals surface area contributed by atoms with Gasteiger partial charge in [0.2, 0.25) is 5.91 Å². The van der Waals surface area contributed by atoms with Crippen LogP contribution in [0.4, 0.5) is 0 Å². The van der Waals surface area contributed by atoms with Gasteiger partial charge in [-0.15, -0.1) is 0 Å². The summed E-state index contributed by atoms with van der Waals surface area (Å²) in [6.07, 6.45) is 8.38. The molecule has 0 aromatic carbocycles. The molecule has 21 heavy (non-hydrogen) atoms. The van der Waals surface area contributed by atoms with Crippen molar-refractivity contribution in [3.05, 3.63) is 0 Å². The van der Waals surface area contributed by atoms with Crippen LogP contribution in [-0.4, -0.2) is 25.0 Å². The van der Waals surface area contributed by atoms with Gasteiger partial charge >= 0.3 is 5.97 Å². The lowest BCUT2D eigenvalue weighted by atomic mass is 9.49. The standard InChI is InChI=1S/C17H27NO3/c1-2-5-21-15(19)3-4-18-16(20)17-9-12-6-13(10-17)8-14(7-12)11-17/h12-14H,2-11H2,1H3,(H,18,20). The molecule has 4 nitrogen and oxygen atoms in total. The highest BCUT2D eigenvalue weighted by Crippen LogP contribution is 2.60. The van der Waals surface area contributed by atoms with Crippen molar-refractivity contribution in [3.8, 4) is 0 Å². The zero-order valence-corrected chi connectivity index (χ0v) is 13.0. The predicted octanol–water partition coefficient (Wildman–Crippen LogP) is 2.66. The Hall–Kier alpha value is -1.06. The molecule has 0 aromatic rings. The van der Waals surface area contributed by atoms with Gasteiger partial charge in [-0.2, -0.15) is 0 Å². The quantitative estimate of drug-likeness (QED) is 0.766. The molecule has 4 heteroatoms. The molecule has 4 aliphatic rings. The Morgan fingerprint density at radius 3 is 2.19 bits per heavy atom. The maximum atomic E-state index is 12.6. The number of carbonyl (C=O) groups is 2. The second-order valence-corrected chi connectivity index (χ2v) is 7.42. The molecule has 1 amide bonds. The molecular weight excluding hydrogens is 266 g/mol. The largest absolute Gasteiger partial charge is 0.466 e. The summed E-state index contributed by atoms with van der Waals surface area (Å²) in [5.74, 6) is 2.32. The van der Waals surface area contributed by atoms with Gasteiger partial charge in [-0.25, -0.2) is 0 Å². The third-order valence-electron chi connectivity index (χ3n) is 5.60. The number of ether oxygens (including phenoxy) is 1. The van der Waals surface area contributed by atoms with Gasteiger partial charge in [-0.05, 0) is 62.7 Å². The summed E-state index contributed by atoms with van der Waals surface area (Å²) in [6.45, 7) is 2.87. The zero-order chi connectivity index (χ0) is 14.9. The van der Waals surface area contributed by atoms with Crippen molar-refractivity contribution in [1.29, 1.82) is 0 Å². The topological polar surface area (TPSA) is 55.4 Å². The minimum Gasteiger partial charge on any atom is -0.466 e. The first-order chi connectivity index (χ1) is 10.1. The lowest BCUT2D eigenvalue weighted by molar-refractivity contribution is -0.147. The first-order valence-electron chi connectivity index (χ1n) is 8.55. The second kappa shape index (κ2) is 5.98. The Labute approximate surface area is 127 Å². The Bertz CT molecular complexity index is 383. The van der Waals surface area contributed by atoms with Crippen LogP contribution < -0.4 is 5.32 Å². The van der Waals surface area contributed by atoms with Crippen LogP contribution in [0.15, 0.2) is 0 Å². The smallest absolute Gasteiger partial charge is 0.307 e. The van der Waals surface area contributed by atoms with Crippen molar-refractivity contribution in [1.82, 2.24) is 5.32 Å². The van der Waals surface area contributed by atoms with Gasteiger partial charge in [0.1, 0.15) is 0 Å². The summed E-state index contributed by atoms with van der Waals surface area (Å²) in [4.78, 5) is 24.1. The molecule has 0 unspecified atom stereocenters. The molecule has 4 saturated carbocycles. The number of carbonyl (C=O) groups excluding carboxylic acids is 2. The fourth-order valence-electron chi connectivity index (χ4n) is 5.14. The maximum absolute atomic E-state index is 12.6. The Morgan fingerprint density at radius 2 is 1.67 bits per heavy atom. The average molecular weight is 293 g/mol. The van der Waals surface area contributed by atoms with E-state index in [1.165, 1.54) is 19.3 Å². The van der Waals surface area contributed by atoms with Crippen LogP contribution in [0.3, 0.4) is 0 Å². The van der Waals surface area contributed by atoms with Crippen molar-refractivity contribution >= 4 is 11.9 Å². The van der Waals surface area contributed by atoms with Crippen LogP contribution in [0.2, 0.25) is 0 Å². The predicted molar refractivity (Wildman–Crippen MR) is 79.5 cm³/mol. The normalized spacial score (nSPS) is 36.5. The summed E-state index contributed by atoms with van der Waals surface area (Å²) in [6, 6.07) is 0. The van der Waals surface area contributed by atoms with Gasteiger partial charge in [-0.1, -0.05) is 6.92 Å². The third-order valence-corrected chi connectivity index (χ3v) is 5.60. The van der Waals surface area contributed by atoms with Crippen LogP contribution in [0.1, 0.15) is 58.3 Å². The Balaban J connectivity index is 1.48. The van der Waals surface area contributed by atoms with E-state index in [-0.39, 0.29) is 23.7 Å².